The van der Waals surface area contributed by atoms with Gasteiger partial charge in [-0.05, 0) is 18.8 Å². The molecule has 0 spiro atoms. The highest BCUT2D eigenvalue weighted by Crippen LogP contribution is 2.42. The Kier molecular flexibility index (Phi) is 1.92. The molecule has 1 unspecified atom stereocenters. The van der Waals surface area contributed by atoms with Gasteiger partial charge in [0, 0.05) is 0 Å². The minimum absolute atomic E-state index is 0.455. The second kappa shape index (κ2) is 2.94. The molecule has 4 heteroatoms. The van der Waals surface area contributed by atoms with Crippen LogP contribution in [0.3, 0.4) is 0 Å². The standard InChI is InChI=1S/C8H12O4/c1-10-8(9)11-4-5-2-6-7(3-5)12-6/h5-7H,2-4H2,1H3/t5?,6-,7+. The maximum Gasteiger partial charge on any atom is 0.507 e. The quantitative estimate of drug-likeness (QED) is 0.459. The van der Waals surface area contributed by atoms with Crippen molar-refractivity contribution in [3.05, 3.63) is 0 Å². The molecular weight excluding hydrogens is 160 g/mol. The molecule has 0 aromatic carbocycles. The lowest BCUT2D eigenvalue weighted by Gasteiger charge is -2.10. The Morgan fingerprint density at radius 3 is 2.75 bits per heavy atom. The van der Waals surface area contributed by atoms with E-state index in [0.29, 0.717) is 24.7 Å². The van der Waals surface area contributed by atoms with Crippen LogP contribution in [0.4, 0.5) is 4.79 Å². The summed E-state index contributed by atoms with van der Waals surface area (Å²) in [6.07, 6.45) is 2.38. The van der Waals surface area contributed by atoms with Crippen molar-refractivity contribution in [3.63, 3.8) is 0 Å². The zero-order valence-corrected chi connectivity index (χ0v) is 6.99. The van der Waals surface area contributed by atoms with Crippen molar-refractivity contribution in [1.29, 1.82) is 0 Å². The Morgan fingerprint density at radius 2 is 2.17 bits per heavy atom. The van der Waals surface area contributed by atoms with Crippen LogP contribution in [-0.4, -0.2) is 32.1 Å². The lowest BCUT2D eigenvalue weighted by atomic mass is 10.1. The van der Waals surface area contributed by atoms with Crippen molar-refractivity contribution in [2.75, 3.05) is 13.7 Å². The smallest absolute Gasteiger partial charge is 0.438 e. The predicted molar refractivity (Wildman–Crippen MR) is 39.7 cm³/mol. The van der Waals surface area contributed by atoms with E-state index in [9.17, 15) is 4.79 Å². The summed E-state index contributed by atoms with van der Waals surface area (Å²) >= 11 is 0. The van der Waals surface area contributed by atoms with Gasteiger partial charge in [0.2, 0.25) is 0 Å². The molecule has 3 atom stereocenters. The Balaban J connectivity index is 1.64. The predicted octanol–water partition coefficient (Wildman–Crippen LogP) is 0.947. The zero-order chi connectivity index (χ0) is 8.55. The first-order valence-electron chi connectivity index (χ1n) is 4.16. The number of ether oxygens (including phenoxy) is 3. The van der Waals surface area contributed by atoms with E-state index < -0.39 is 6.16 Å². The summed E-state index contributed by atoms with van der Waals surface area (Å²) in [7, 11) is 1.32. The molecule has 0 radical (unpaired) electrons. The molecule has 1 aliphatic carbocycles. The molecule has 4 nitrogen and oxygen atoms in total. The molecule has 0 aromatic heterocycles. The monoisotopic (exact) mass is 172 g/mol. The van der Waals surface area contributed by atoms with Gasteiger partial charge >= 0.3 is 6.16 Å². The normalized spacial score (nSPS) is 37.2. The van der Waals surface area contributed by atoms with Gasteiger partial charge in [0.05, 0.1) is 25.9 Å². The van der Waals surface area contributed by atoms with Gasteiger partial charge in [-0.25, -0.2) is 4.79 Å². The van der Waals surface area contributed by atoms with Gasteiger partial charge in [-0.3, -0.25) is 0 Å². The summed E-state index contributed by atoms with van der Waals surface area (Å²) in [6.45, 7) is 0.475. The van der Waals surface area contributed by atoms with Crippen molar-refractivity contribution in [1.82, 2.24) is 0 Å². The van der Waals surface area contributed by atoms with E-state index in [-0.39, 0.29) is 0 Å². The third kappa shape index (κ3) is 1.53. The van der Waals surface area contributed by atoms with Crippen LogP contribution in [0.25, 0.3) is 0 Å². The molecular formula is C8H12O4. The van der Waals surface area contributed by atoms with Crippen LogP contribution in [-0.2, 0) is 14.2 Å². The fourth-order valence-corrected chi connectivity index (χ4v) is 1.73. The number of methoxy groups -OCH3 is 1. The number of carbonyl (C=O) groups excluding carboxylic acids is 1. The fourth-order valence-electron chi connectivity index (χ4n) is 1.73. The first kappa shape index (κ1) is 7.86. The summed E-state index contributed by atoms with van der Waals surface area (Å²) in [5.74, 6) is 0.479. The molecule has 2 aliphatic rings. The first-order valence-corrected chi connectivity index (χ1v) is 4.16. The topological polar surface area (TPSA) is 48.1 Å². The Labute approximate surface area is 70.8 Å². The van der Waals surface area contributed by atoms with Gasteiger partial charge in [-0.1, -0.05) is 0 Å². The van der Waals surface area contributed by atoms with Crippen LogP contribution in [0.15, 0.2) is 0 Å². The third-order valence-electron chi connectivity index (χ3n) is 2.42. The number of hydrogen-bond acceptors (Lipinski definition) is 4. The van der Waals surface area contributed by atoms with Crippen molar-refractivity contribution < 1.29 is 19.0 Å². The van der Waals surface area contributed by atoms with Crippen molar-refractivity contribution >= 4 is 6.16 Å². The molecule has 1 heterocycles. The summed E-state index contributed by atoms with van der Waals surface area (Å²) < 4.78 is 14.4. The summed E-state index contributed by atoms with van der Waals surface area (Å²) in [6, 6.07) is 0. The molecule has 1 saturated carbocycles. The minimum Gasteiger partial charge on any atom is -0.438 e. The largest absolute Gasteiger partial charge is 0.507 e. The molecule has 0 bridgehead atoms. The molecule has 1 saturated heterocycles. The number of fused-ring (bicyclic) bond motifs is 1. The van der Waals surface area contributed by atoms with Crippen molar-refractivity contribution in [3.8, 4) is 0 Å². The van der Waals surface area contributed by atoms with Crippen molar-refractivity contribution in [2.24, 2.45) is 5.92 Å². The molecule has 0 aromatic rings. The maximum atomic E-state index is 10.6. The number of carbonyl (C=O) groups is 1. The SMILES string of the molecule is COC(=O)OCC1C[C@@H]2O[C@@H]2C1. The van der Waals surface area contributed by atoms with Crippen molar-refractivity contribution in [2.45, 2.75) is 25.0 Å². The Hall–Kier alpha value is -0.770. The first-order chi connectivity index (χ1) is 5.79. The van der Waals surface area contributed by atoms with E-state index in [2.05, 4.69) is 4.74 Å². The second-order valence-corrected chi connectivity index (χ2v) is 3.32. The summed E-state index contributed by atoms with van der Waals surface area (Å²) in [4.78, 5) is 10.6. The second-order valence-electron chi connectivity index (χ2n) is 3.32. The van der Waals surface area contributed by atoms with Crippen LogP contribution in [0, 0.1) is 5.92 Å². The lowest BCUT2D eigenvalue weighted by Crippen LogP contribution is -2.13. The zero-order valence-electron chi connectivity index (χ0n) is 6.99. The van der Waals surface area contributed by atoms with Gasteiger partial charge in [0.25, 0.3) is 0 Å². The van der Waals surface area contributed by atoms with Gasteiger partial charge in [-0.2, -0.15) is 0 Å². The van der Waals surface area contributed by atoms with Gasteiger partial charge < -0.3 is 14.2 Å². The molecule has 2 fully saturated rings. The van der Waals surface area contributed by atoms with Gasteiger partial charge in [-0.15, -0.1) is 0 Å². The fraction of sp³-hybridized carbons (Fsp3) is 0.875. The third-order valence-corrected chi connectivity index (χ3v) is 2.42. The molecule has 1 aliphatic heterocycles. The van der Waals surface area contributed by atoms with Gasteiger partial charge in [0.15, 0.2) is 0 Å². The molecule has 68 valence electrons. The van der Waals surface area contributed by atoms with E-state index in [1.807, 2.05) is 0 Å². The lowest BCUT2D eigenvalue weighted by molar-refractivity contribution is 0.0553. The van der Waals surface area contributed by atoms with E-state index >= 15 is 0 Å². The Bertz CT molecular complexity index is 181. The molecule has 0 N–H and O–H groups in total. The van der Waals surface area contributed by atoms with Gasteiger partial charge in [0.1, 0.15) is 0 Å². The van der Waals surface area contributed by atoms with E-state index in [1.54, 1.807) is 0 Å². The molecule has 2 rings (SSSR count). The Morgan fingerprint density at radius 1 is 1.50 bits per heavy atom. The van der Waals surface area contributed by atoms with E-state index in [4.69, 9.17) is 9.47 Å². The highest BCUT2D eigenvalue weighted by atomic mass is 16.7. The summed E-state index contributed by atoms with van der Waals surface area (Å²) in [5.41, 5.74) is 0. The average molecular weight is 172 g/mol. The van der Waals surface area contributed by atoms with Crippen LogP contribution >= 0.6 is 0 Å². The summed E-state index contributed by atoms with van der Waals surface area (Å²) in [5, 5.41) is 0. The van der Waals surface area contributed by atoms with Crippen LogP contribution in [0.2, 0.25) is 0 Å². The van der Waals surface area contributed by atoms with E-state index in [1.165, 1.54) is 7.11 Å². The van der Waals surface area contributed by atoms with Crippen LogP contribution in [0.5, 0.6) is 0 Å². The molecule has 12 heavy (non-hydrogen) atoms. The van der Waals surface area contributed by atoms with E-state index in [0.717, 1.165) is 12.8 Å². The maximum absolute atomic E-state index is 10.6. The van der Waals surface area contributed by atoms with Crippen LogP contribution in [0.1, 0.15) is 12.8 Å². The number of epoxide rings is 1. The highest BCUT2D eigenvalue weighted by molar-refractivity contribution is 5.59. The minimum atomic E-state index is -0.587. The molecule has 0 amide bonds. The average Bonchev–Trinajstić information content (AvgIpc) is 2.70. The van der Waals surface area contributed by atoms with Crippen LogP contribution < -0.4 is 0 Å². The number of rotatable bonds is 2. The highest BCUT2D eigenvalue weighted by Gasteiger charge is 2.48. The number of hydrogen-bond donors (Lipinski definition) is 0.